The van der Waals surface area contributed by atoms with E-state index in [0.29, 0.717) is 5.56 Å². The van der Waals surface area contributed by atoms with E-state index in [4.69, 9.17) is 20.4 Å². The van der Waals surface area contributed by atoms with Gasteiger partial charge in [-0.1, -0.05) is 39.0 Å². The number of rotatable bonds is 6. The van der Waals surface area contributed by atoms with Crippen LogP contribution < -0.4 is 0 Å². The van der Waals surface area contributed by atoms with Crippen LogP contribution in [-0.4, -0.2) is 59.6 Å². The van der Waals surface area contributed by atoms with Gasteiger partial charge in [-0.05, 0) is 30.3 Å². The zero-order valence-corrected chi connectivity index (χ0v) is 16.9. The second-order valence-corrected chi connectivity index (χ2v) is 12.9. The molecule has 0 bridgehead atoms. The highest BCUT2D eigenvalue weighted by molar-refractivity contribution is 6.74. The Kier molecular flexibility index (Phi) is 5.68. The lowest BCUT2D eigenvalue weighted by Gasteiger charge is -2.39. The van der Waals surface area contributed by atoms with Crippen molar-refractivity contribution in [3.05, 3.63) is 35.9 Å². The minimum Gasteiger partial charge on any atom is -0.459 e. The molecule has 1 saturated heterocycles. The summed E-state index contributed by atoms with van der Waals surface area (Å²) < 4.78 is 25.2. The maximum atomic E-state index is 12.1. The van der Waals surface area contributed by atoms with Gasteiger partial charge in [0.05, 0.1) is 17.7 Å². The van der Waals surface area contributed by atoms with Gasteiger partial charge in [-0.25, -0.2) is 4.79 Å². The van der Waals surface area contributed by atoms with Crippen LogP contribution in [0.2, 0.25) is 18.1 Å². The molecule has 25 heavy (non-hydrogen) atoms. The molecule has 0 aliphatic carbocycles. The third-order valence-corrected chi connectivity index (χ3v) is 9.64. The Hall–Kier alpha value is -1.15. The Morgan fingerprint density at radius 1 is 1.36 bits per heavy atom. The SMILES string of the molecule is [2H]O[C@@H]1C(O[Si](C)(C)C(C)(C)C)[C@H](B)O[C@@H]1COC(=O)c1ccccc1. The molecule has 1 aliphatic rings. The minimum absolute atomic E-state index is 0.0268. The van der Waals surface area contributed by atoms with Crippen molar-refractivity contribution < 1.29 is 23.8 Å². The van der Waals surface area contributed by atoms with E-state index in [1.54, 1.807) is 24.3 Å². The van der Waals surface area contributed by atoms with Crippen molar-refractivity contribution in [3.63, 3.8) is 0 Å². The van der Waals surface area contributed by atoms with Gasteiger partial charge in [-0.15, -0.1) is 0 Å². The van der Waals surface area contributed by atoms with E-state index < -0.39 is 26.5 Å². The van der Waals surface area contributed by atoms with Gasteiger partial charge in [0.25, 0.3) is 0 Å². The Labute approximate surface area is 153 Å². The first-order chi connectivity index (χ1) is 12.1. The highest BCUT2D eigenvalue weighted by Crippen LogP contribution is 2.39. The van der Waals surface area contributed by atoms with Gasteiger partial charge >= 0.3 is 5.97 Å². The maximum absolute atomic E-state index is 12.1. The normalized spacial score (nSPS) is 27.8. The van der Waals surface area contributed by atoms with E-state index in [2.05, 4.69) is 33.9 Å². The van der Waals surface area contributed by atoms with Gasteiger partial charge in [0.15, 0.2) is 8.32 Å². The van der Waals surface area contributed by atoms with Gasteiger partial charge in [0.2, 0.25) is 1.43 Å². The summed E-state index contributed by atoms with van der Waals surface area (Å²) in [4.78, 5) is 12.1. The molecule has 1 unspecified atom stereocenters. The van der Waals surface area contributed by atoms with Crippen LogP contribution in [0.5, 0.6) is 0 Å². The van der Waals surface area contributed by atoms with Gasteiger partial charge in [0.1, 0.15) is 26.7 Å². The quantitative estimate of drug-likeness (QED) is 0.617. The molecule has 0 amide bonds. The van der Waals surface area contributed by atoms with Crippen LogP contribution in [0.1, 0.15) is 31.1 Å². The summed E-state index contributed by atoms with van der Waals surface area (Å²) in [5.41, 5.74) is 0.482. The fraction of sp³-hybridized carbons (Fsp3) is 0.611. The number of ether oxygens (including phenoxy) is 2. The molecule has 1 aliphatic heterocycles. The summed E-state index contributed by atoms with van der Waals surface area (Å²) in [5.74, 6) is -0.417. The van der Waals surface area contributed by atoms with Crippen LogP contribution in [0.3, 0.4) is 0 Å². The molecule has 7 heteroatoms. The largest absolute Gasteiger partial charge is 0.459 e. The van der Waals surface area contributed by atoms with Crippen LogP contribution in [-0.2, 0) is 13.9 Å². The summed E-state index contributed by atoms with van der Waals surface area (Å²) in [6, 6.07) is 8.56. The molecule has 1 heterocycles. The van der Waals surface area contributed by atoms with Gasteiger partial charge in [0, 0.05) is 0 Å². The van der Waals surface area contributed by atoms with Crippen LogP contribution in [0, 0.1) is 0 Å². The van der Waals surface area contributed by atoms with Crippen LogP contribution in [0.15, 0.2) is 30.3 Å². The average molecular weight is 365 g/mol. The number of aliphatic hydroxyl groups is 1. The topological polar surface area (TPSA) is 65.0 Å². The molecule has 0 aromatic heterocycles. The number of hydrogen-bond acceptors (Lipinski definition) is 5. The highest BCUT2D eigenvalue weighted by atomic mass is 28.4. The zero-order chi connectivity index (χ0) is 19.5. The molecule has 1 N–H and O–H groups in total. The predicted octanol–water partition coefficient (Wildman–Crippen LogP) is 1.95. The number of benzene rings is 1. The van der Waals surface area contributed by atoms with Gasteiger partial charge in [-0.2, -0.15) is 0 Å². The van der Waals surface area contributed by atoms with E-state index >= 15 is 0 Å². The van der Waals surface area contributed by atoms with Crippen molar-refractivity contribution in [2.45, 2.75) is 63.2 Å². The van der Waals surface area contributed by atoms with Gasteiger partial charge in [-0.3, -0.25) is 0 Å². The van der Waals surface area contributed by atoms with Crippen molar-refractivity contribution >= 4 is 22.1 Å². The van der Waals surface area contributed by atoms with E-state index in [0.717, 1.165) is 0 Å². The van der Waals surface area contributed by atoms with Gasteiger partial charge < -0.3 is 19.0 Å². The zero-order valence-electron chi connectivity index (χ0n) is 16.9. The molecule has 1 fully saturated rings. The number of carbonyl (C=O) groups is 1. The fourth-order valence-electron chi connectivity index (χ4n) is 2.54. The number of carbonyl (C=O) groups excluding carboxylic acids is 1. The lowest BCUT2D eigenvalue weighted by Crippen LogP contribution is -2.49. The fourth-order valence-corrected chi connectivity index (χ4v) is 3.90. The lowest BCUT2D eigenvalue weighted by atomic mass is 9.93. The third kappa shape index (κ3) is 4.73. The minimum atomic E-state index is -2.05. The smallest absolute Gasteiger partial charge is 0.338 e. The maximum Gasteiger partial charge on any atom is 0.338 e. The predicted molar refractivity (Wildman–Crippen MR) is 102 cm³/mol. The van der Waals surface area contributed by atoms with Crippen molar-refractivity contribution in [1.82, 2.24) is 0 Å². The average Bonchev–Trinajstić information content (AvgIpc) is 2.87. The summed E-state index contributed by atoms with van der Waals surface area (Å²) in [6.45, 7) is 10.8. The van der Waals surface area contributed by atoms with E-state index in [1.165, 1.54) is 0 Å². The number of aliphatic hydroxyl groups excluding tert-OH is 1. The second-order valence-electron chi connectivity index (χ2n) is 8.15. The monoisotopic (exact) mass is 365 g/mol. The molecule has 5 nitrogen and oxygen atoms in total. The van der Waals surface area contributed by atoms with Crippen molar-refractivity contribution in [2.24, 2.45) is 0 Å². The highest BCUT2D eigenvalue weighted by Gasteiger charge is 2.48. The Morgan fingerprint density at radius 3 is 2.56 bits per heavy atom. The molecule has 0 radical (unpaired) electrons. The Bertz CT molecular complexity index is 607. The molecule has 0 spiro atoms. The molecule has 4 atom stereocenters. The standard InChI is InChI=1S/C18H29BO5Si/c1-18(2,3)25(4,5)24-15-14(20)13(23-16(15)19)11-22-17(21)12-9-7-6-8-10-12/h6-10,13-16,20H,11,19H2,1-5H3/t13-,14+,15?,16-/m1/s1/i20D. The first-order valence-corrected chi connectivity index (χ1v) is 11.6. The molecule has 2 rings (SSSR count). The van der Waals surface area contributed by atoms with Crippen LogP contribution in [0.25, 0.3) is 0 Å². The summed E-state index contributed by atoms with van der Waals surface area (Å²) in [5, 5.41) is 4.97. The summed E-state index contributed by atoms with van der Waals surface area (Å²) >= 11 is 0. The molecule has 0 saturated carbocycles. The Morgan fingerprint density at radius 2 is 2.00 bits per heavy atom. The van der Waals surface area contributed by atoms with E-state index in [-0.39, 0.29) is 23.8 Å². The second kappa shape index (κ2) is 7.62. The van der Waals surface area contributed by atoms with Crippen LogP contribution in [0.4, 0.5) is 0 Å². The van der Waals surface area contributed by atoms with Crippen molar-refractivity contribution in [2.75, 3.05) is 6.61 Å². The lowest BCUT2D eigenvalue weighted by molar-refractivity contribution is -0.0226. The van der Waals surface area contributed by atoms with Crippen molar-refractivity contribution in [1.29, 1.82) is 1.43 Å². The van der Waals surface area contributed by atoms with E-state index in [9.17, 15) is 4.79 Å². The first kappa shape index (κ1) is 18.6. The number of esters is 1. The molecule has 138 valence electrons. The molecular formula is C18H29BO5Si. The first-order valence-electron chi connectivity index (χ1n) is 9.15. The van der Waals surface area contributed by atoms with E-state index in [1.807, 2.05) is 13.9 Å². The summed E-state index contributed by atoms with van der Waals surface area (Å²) in [7, 11) is -0.142. The molecule has 1 aromatic rings. The molecule has 1 aromatic carbocycles. The third-order valence-electron chi connectivity index (χ3n) is 5.17. The van der Waals surface area contributed by atoms with Crippen molar-refractivity contribution in [3.8, 4) is 0 Å². The summed E-state index contributed by atoms with van der Waals surface area (Å²) in [6.07, 6.45) is -1.47. The number of hydrogen-bond donors (Lipinski definition) is 1. The Balaban J connectivity index is 2.02. The van der Waals surface area contributed by atoms with Crippen LogP contribution >= 0.6 is 0 Å². The molecular weight excluding hydrogens is 335 g/mol.